The van der Waals surface area contributed by atoms with Gasteiger partial charge >= 0.3 is 0 Å². The van der Waals surface area contributed by atoms with E-state index >= 15 is 0 Å². The van der Waals surface area contributed by atoms with Crippen LogP contribution in [0.1, 0.15) is 51.0 Å². The fourth-order valence-corrected chi connectivity index (χ4v) is 3.55. The molecule has 0 unspecified atom stereocenters. The zero-order valence-corrected chi connectivity index (χ0v) is 12.2. The van der Waals surface area contributed by atoms with Crippen molar-refractivity contribution < 1.29 is 4.79 Å². The Bertz CT molecular complexity index is 666. The Labute approximate surface area is 124 Å². The highest BCUT2D eigenvalue weighted by atomic mass is 16.2. The minimum atomic E-state index is 0.149. The number of rotatable bonds is 3. The molecule has 0 saturated heterocycles. The highest BCUT2D eigenvalue weighted by Gasteiger charge is 2.28. The Hall–Kier alpha value is -1.84. The Kier molecular flexibility index (Phi) is 3.17. The molecule has 1 aromatic carbocycles. The number of aromatic nitrogens is 2. The van der Waals surface area contributed by atoms with Gasteiger partial charge in [0.25, 0.3) is 0 Å². The minimum Gasteiger partial charge on any atom is -0.307 e. The molecule has 1 aromatic heterocycles. The summed E-state index contributed by atoms with van der Waals surface area (Å²) < 4.78 is 2.26. The number of benzene rings is 1. The van der Waals surface area contributed by atoms with Crippen LogP contribution in [-0.2, 0) is 4.79 Å². The van der Waals surface area contributed by atoms with Crippen molar-refractivity contribution in [2.45, 2.75) is 51.0 Å². The van der Waals surface area contributed by atoms with Gasteiger partial charge in [0.15, 0.2) is 0 Å². The number of amides is 1. The fraction of sp³-hybridized carbons (Fsp3) is 0.529. The van der Waals surface area contributed by atoms with Crippen molar-refractivity contribution >= 4 is 22.9 Å². The maximum Gasteiger partial charge on any atom is 0.229 e. The average Bonchev–Trinajstić information content (AvgIpc) is 3.02. The third kappa shape index (κ3) is 2.23. The normalized spacial score (nSPS) is 19.8. The van der Waals surface area contributed by atoms with E-state index in [1.54, 1.807) is 0 Å². The second-order valence-corrected chi connectivity index (χ2v) is 6.35. The van der Waals surface area contributed by atoms with Gasteiger partial charge in [-0.2, -0.15) is 0 Å². The third-order valence-electron chi connectivity index (χ3n) is 5.00. The van der Waals surface area contributed by atoms with Crippen LogP contribution in [0.5, 0.6) is 0 Å². The molecular formula is C17H21N3O. The number of carbonyl (C=O) groups excluding carboxylic acids is 1. The Balaban J connectivity index is 1.72. The van der Waals surface area contributed by atoms with Crippen LogP contribution in [-0.4, -0.2) is 15.5 Å². The maximum absolute atomic E-state index is 12.3. The smallest absolute Gasteiger partial charge is 0.229 e. The van der Waals surface area contributed by atoms with Gasteiger partial charge in [-0.25, -0.2) is 4.98 Å². The molecule has 1 amide bonds. The fourth-order valence-electron chi connectivity index (χ4n) is 3.55. The molecule has 1 heterocycles. The highest BCUT2D eigenvalue weighted by Crippen LogP contribution is 2.36. The summed E-state index contributed by atoms with van der Waals surface area (Å²) in [5.41, 5.74) is 2.13. The van der Waals surface area contributed by atoms with Gasteiger partial charge in [-0.05, 0) is 37.8 Å². The molecule has 0 spiro atoms. The van der Waals surface area contributed by atoms with Crippen molar-refractivity contribution in [2.24, 2.45) is 5.92 Å². The molecule has 0 radical (unpaired) electrons. The number of nitrogens with zero attached hydrogens (tertiary/aromatic N) is 2. The molecule has 2 aromatic rings. The predicted octanol–water partition coefficient (Wildman–Crippen LogP) is 3.89. The van der Waals surface area contributed by atoms with Gasteiger partial charge in [0.1, 0.15) is 0 Å². The summed E-state index contributed by atoms with van der Waals surface area (Å²) in [6.45, 7) is 0. The molecule has 2 fully saturated rings. The molecule has 2 saturated carbocycles. The first kappa shape index (κ1) is 12.9. The number of carbonyl (C=O) groups is 1. The second-order valence-electron chi connectivity index (χ2n) is 6.35. The van der Waals surface area contributed by atoms with E-state index in [0.717, 1.165) is 29.8 Å². The first-order chi connectivity index (χ1) is 10.3. The van der Waals surface area contributed by atoms with Crippen LogP contribution in [0.15, 0.2) is 24.3 Å². The number of anilines is 1. The van der Waals surface area contributed by atoms with Crippen molar-refractivity contribution in [3.63, 3.8) is 0 Å². The Morgan fingerprint density at radius 3 is 2.57 bits per heavy atom. The van der Waals surface area contributed by atoms with Gasteiger partial charge in [-0.15, -0.1) is 0 Å². The number of hydrogen-bond donors (Lipinski definition) is 1. The monoisotopic (exact) mass is 283 g/mol. The number of fused-ring (bicyclic) bond motifs is 1. The summed E-state index contributed by atoms with van der Waals surface area (Å²) in [6.07, 6.45) is 8.14. The lowest BCUT2D eigenvalue weighted by molar-refractivity contribution is -0.122. The van der Waals surface area contributed by atoms with Crippen LogP contribution in [0.3, 0.4) is 0 Å². The Morgan fingerprint density at radius 2 is 1.86 bits per heavy atom. The molecule has 0 bridgehead atoms. The largest absolute Gasteiger partial charge is 0.307 e. The average molecular weight is 283 g/mol. The van der Waals surface area contributed by atoms with Crippen molar-refractivity contribution in [3.8, 4) is 0 Å². The lowest BCUT2D eigenvalue weighted by Gasteiger charge is -2.24. The summed E-state index contributed by atoms with van der Waals surface area (Å²) in [5.74, 6) is 1.10. The summed E-state index contributed by atoms with van der Waals surface area (Å²) in [6, 6.07) is 8.67. The third-order valence-corrected chi connectivity index (χ3v) is 5.00. The quantitative estimate of drug-likeness (QED) is 0.929. The van der Waals surface area contributed by atoms with Gasteiger partial charge in [-0.1, -0.05) is 31.4 Å². The molecule has 2 aliphatic rings. The SMILES string of the molecule is O=C(Nc1nc2ccccc2n1C1CCCC1)C1CCC1. The lowest BCUT2D eigenvalue weighted by atomic mass is 9.85. The van der Waals surface area contributed by atoms with Crippen LogP contribution in [0.4, 0.5) is 5.95 Å². The Morgan fingerprint density at radius 1 is 1.10 bits per heavy atom. The lowest BCUT2D eigenvalue weighted by Crippen LogP contribution is -2.29. The first-order valence-corrected chi connectivity index (χ1v) is 8.11. The summed E-state index contributed by atoms with van der Waals surface area (Å²) in [4.78, 5) is 16.9. The van der Waals surface area contributed by atoms with E-state index < -0.39 is 0 Å². The van der Waals surface area contributed by atoms with Gasteiger partial charge in [0.05, 0.1) is 11.0 Å². The molecule has 21 heavy (non-hydrogen) atoms. The molecule has 4 heteroatoms. The van der Waals surface area contributed by atoms with Crippen LogP contribution >= 0.6 is 0 Å². The molecule has 0 aliphatic heterocycles. The molecule has 110 valence electrons. The van der Waals surface area contributed by atoms with E-state index in [9.17, 15) is 4.79 Å². The van der Waals surface area contributed by atoms with E-state index in [1.807, 2.05) is 18.2 Å². The van der Waals surface area contributed by atoms with Crippen molar-refractivity contribution in [2.75, 3.05) is 5.32 Å². The van der Waals surface area contributed by atoms with Crippen LogP contribution in [0.2, 0.25) is 0 Å². The van der Waals surface area contributed by atoms with Crippen LogP contribution in [0, 0.1) is 5.92 Å². The summed E-state index contributed by atoms with van der Waals surface area (Å²) in [7, 11) is 0. The summed E-state index contributed by atoms with van der Waals surface area (Å²) in [5, 5.41) is 3.09. The topological polar surface area (TPSA) is 46.9 Å². The molecule has 0 atom stereocenters. The molecule has 2 aliphatic carbocycles. The van der Waals surface area contributed by atoms with Crippen molar-refractivity contribution in [1.82, 2.24) is 9.55 Å². The number of hydrogen-bond acceptors (Lipinski definition) is 2. The predicted molar refractivity (Wildman–Crippen MR) is 83.2 cm³/mol. The molecule has 1 N–H and O–H groups in total. The van der Waals surface area contributed by atoms with E-state index in [4.69, 9.17) is 0 Å². The zero-order chi connectivity index (χ0) is 14.2. The number of para-hydroxylation sites is 2. The van der Waals surface area contributed by atoms with E-state index in [1.165, 1.54) is 32.1 Å². The van der Waals surface area contributed by atoms with Gasteiger partial charge in [0, 0.05) is 12.0 Å². The summed E-state index contributed by atoms with van der Waals surface area (Å²) >= 11 is 0. The number of nitrogens with one attached hydrogen (secondary N) is 1. The standard InChI is InChI=1S/C17H21N3O/c21-16(12-6-5-7-12)19-17-18-14-10-3-4-11-15(14)20(17)13-8-1-2-9-13/h3-4,10-13H,1-2,5-9H2,(H,18,19,21). The van der Waals surface area contributed by atoms with Crippen LogP contribution < -0.4 is 5.32 Å². The van der Waals surface area contributed by atoms with E-state index in [2.05, 4.69) is 20.9 Å². The molecule has 4 rings (SSSR count). The maximum atomic E-state index is 12.3. The second kappa shape index (κ2) is 5.17. The van der Waals surface area contributed by atoms with Crippen LogP contribution in [0.25, 0.3) is 11.0 Å². The van der Waals surface area contributed by atoms with Gasteiger partial charge in [-0.3, -0.25) is 10.1 Å². The van der Waals surface area contributed by atoms with Crippen molar-refractivity contribution in [3.05, 3.63) is 24.3 Å². The van der Waals surface area contributed by atoms with Gasteiger partial charge < -0.3 is 4.57 Å². The highest BCUT2D eigenvalue weighted by molar-refractivity contribution is 5.93. The van der Waals surface area contributed by atoms with Crippen molar-refractivity contribution in [1.29, 1.82) is 0 Å². The zero-order valence-electron chi connectivity index (χ0n) is 12.2. The number of imidazole rings is 1. The molecular weight excluding hydrogens is 262 g/mol. The first-order valence-electron chi connectivity index (χ1n) is 8.11. The van der Waals surface area contributed by atoms with Gasteiger partial charge in [0.2, 0.25) is 11.9 Å². The minimum absolute atomic E-state index is 0.149. The van der Waals surface area contributed by atoms with E-state index in [-0.39, 0.29) is 11.8 Å². The molecule has 4 nitrogen and oxygen atoms in total. The van der Waals surface area contributed by atoms with E-state index in [0.29, 0.717) is 6.04 Å².